The molecule has 1 rings (SSSR count). The van der Waals surface area contributed by atoms with Crippen LogP contribution in [-0.2, 0) is 18.6 Å². The summed E-state index contributed by atoms with van der Waals surface area (Å²) in [6.07, 6.45) is 1.52. The van der Waals surface area contributed by atoms with Crippen LogP contribution in [0.1, 0.15) is 68.2 Å². The van der Waals surface area contributed by atoms with Gasteiger partial charge in [0.1, 0.15) is 5.94 Å². The van der Waals surface area contributed by atoms with Crippen LogP contribution in [-0.4, -0.2) is 72.7 Å². The molecule has 0 aliphatic carbocycles. The normalized spacial score (nSPS) is 20.2. The highest BCUT2D eigenvalue weighted by molar-refractivity contribution is 8.56. The van der Waals surface area contributed by atoms with Crippen LogP contribution in [0.4, 0.5) is 0 Å². The summed E-state index contributed by atoms with van der Waals surface area (Å²) in [6, 6.07) is 0. The number of piperazine rings is 1. The second kappa shape index (κ2) is 11.7. The number of likely N-dealkylation sites (N-methyl/N-ethyl adjacent to an activating group) is 1. The summed E-state index contributed by atoms with van der Waals surface area (Å²) in [5.74, 6) is 0.0586. The highest BCUT2D eigenvalue weighted by Crippen LogP contribution is 2.67. The minimum Gasteiger partial charge on any atom is -0.454 e. The minimum absolute atomic E-state index is 0.0628. The van der Waals surface area contributed by atoms with Crippen LogP contribution in [0.25, 0.3) is 0 Å². The summed E-state index contributed by atoms with van der Waals surface area (Å²) in [5, 5.41) is 0. The van der Waals surface area contributed by atoms with E-state index in [0.29, 0.717) is 0 Å². The molecule has 0 spiro atoms. The summed E-state index contributed by atoms with van der Waals surface area (Å²) < 4.78 is 25.4. The van der Waals surface area contributed by atoms with Gasteiger partial charge in [-0.1, -0.05) is 20.8 Å². The molecule has 1 fully saturated rings. The number of hydrogen-bond acceptors (Lipinski definition) is 7. The van der Waals surface area contributed by atoms with E-state index >= 15 is 0 Å². The maximum atomic E-state index is 13.7. The quantitative estimate of drug-likeness (QED) is 0.233. The van der Waals surface area contributed by atoms with E-state index in [-0.39, 0.29) is 23.5 Å². The molecular weight excluding hydrogens is 419 g/mol. The van der Waals surface area contributed by atoms with Crippen molar-refractivity contribution < 1.29 is 18.6 Å². The molecule has 6 nitrogen and oxygen atoms in total. The second-order valence-corrected chi connectivity index (χ2v) is 15.1. The SMILES string of the molecule is CCC(C(C)C)P(=O)(OC(C)(C)C)SCOC(=O)C(C)(C)CCN1CCN(C)CC1. The van der Waals surface area contributed by atoms with Crippen LogP contribution in [0.3, 0.4) is 0 Å². The monoisotopic (exact) mass is 464 g/mol. The lowest BCUT2D eigenvalue weighted by molar-refractivity contribution is -0.152. The topological polar surface area (TPSA) is 59.1 Å². The van der Waals surface area contributed by atoms with Gasteiger partial charge >= 0.3 is 5.97 Å². The van der Waals surface area contributed by atoms with Crippen LogP contribution in [0.5, 0.6) is 0 Å². The Morgan fingerprint density at radius 3 is 2.13 bits per heavy atom. The Balaban J connectivity index is 2.63. The number of ether oxygens (including phenoxy) is 1. The van der Waals surface area contributed by atoms with Crippen LogP contribution in [0.15, 0.2) is 0 Å². The van der Waals surface area contributed by atoms with Crippen molar-refractivity contribution in [3.05, 3.63) is 0 Å². The Morgan fingerprint density at radius 1 is 1.10 bits per heavy atom. The number of carbonyl (C=O) groups excluding carboxylic acids is 1. The zero-order valence-electron chi connectivity index (χ0n) is 20.7. The Labute approximate surface area is 189 Å². The van der Waals surface area contributed by atoms with Crippen LogP contribution in [0.2, 0.25) is 0 Å². The van der Waals surface area contributed by atoms with Crippen LogP contribution in [0, 0.1) is 11.3 Å². The van der Waals surface area contributed by atoms with Gasteiger partial charge in [-0.2, -0.15) is 0 Å². The molecule has 2 atom stereocenters. The van der Waals surface area contributed by atoms with Gasteiger partial charge in [-0.15, -0.1) is 0 Å². The average molecular weight is 465 g/mol. The Bertz CT molecular complexity index is 584. The van der Waals surface area contributed by atoms with Gasteiger partial charge in [0, 0.05) is 31.8 Å². The van der Waals surface area contributed by atoms with Gasteiger partial charge in [0.2, 0.25) is 0 Å². The van der Waals surface area contributed by atoms with Crippen LogP contribution < -0.4 is 0 Å². The second-order valence-electron chi connectivity index (χ2n) is 10.4. The van der Waals surface area contributed by atoms with Crippen LogP contribution >= 0.6 is 18.0 Å². The lowest BCUT2D eigenvalue weighted by Crippen LogP contribution is -2.45. The molecule has 0 aromatic carbocycles. The maximum absolute atomic E-state index is 13.7. The van der Waals surface area contributed by atoms with Gasteiger partial charge < -0.3 is 19.1 Å². The predicted molar refractivity (Wildman–Crippen MR) is 128 cm³/mol. The van der Waals surface area contributed by atoms with Crippen molar-refractivity contribution in [1.82, 2.24) is 9.80 Å². The number of nitrogens with zero attached hydrogens (tertiary/aromatic N) is 2. The summed E-state index contributed by atoms with van der Waals surface area (Å²) >= 11 is 1.18. The Hall–Kier alpha value is -0.0700. The molecule has 0 N–H and O–H groups in total. The Morgan fingerprint density at radius 2 is 1.67 bits per heavy atom. The fraction of sp³-hybridized carbons (Fsp3) is 0.955. The minimum atomic E-state index is -3.03. The molecule has 8 heteroatoms. The number of rotatable bonds is 11. The van der Waals surface area contributed by atoms with E-state index in [1.807, 2.05) is 41.5 Å². The first-order valence-corrected chi connectivity index (χ1v) is 14.5. The fourth-order valence-electron chi connectivity index (χ4n) is 3.59. The largest absolute Gasteiger partial charge is 0.454 e. The molecule has 0 aromatic rings. The maximum Gasteiger partial charge on any atom is 0.312 e. The third-order valence-corrected chi connectivity index (χ3v) is 11.2. The van der Waals surface area contributed by atoms with E-state index in [1.54, 1.807) is 0 Å². The fourth-order valence-corrected chi connectivity index (χ4v) is 9.40. The molecule has 2 unspecified atom stereocenters. The number of esters is 1. The van der Waals surface area contributed by atoms with E-state index in [1.165, 1.54) is 11.4 Å². The molecule has 0 amide bonds. The lowest BCUT2D eigenvalue weighted by atomic mass is 9.89. The van der Waals surface area contributed by atoms with E-state index in [9.17, 15) is 9.36 Å². The van der Waals surface area contributed by atoms with Gasteiger partial charge in [-0.3, -0.25) is 9.36 Å². The molecule has 1 aliphatic heterocycles. The van der Waals surface area contributed by atoms with Crippen molar-refractivity contribution in [1.29, 1.82) is 0 Å². The molecule has 178 valence electrons. The number of carbonyl (C=O) groups is 1. The van der Waals surface area contributed by atoms with E-state index in [4.69, 9.17) is 9.26 Å². The van der Waals surface area contributed by atoms with Crippen molar-refractivity contribution in [2.75, 3.05) is 45.7 Å². The van der Waals surface area contributed by atoms with Gasteiger partial charge in [-0.25, -0.2) is 0 Å². The molecular formula is C22H45N2O4PS. The molecule has 30 heavy (non-hydrogen) atoms. The molecule has 1 aliphatic rings. The third-order valence-electron chi connectivity index (χ3n) is 5.62. The summed E-state index contributed by atoms with van der Waals surface area (Å²) in [5.41, 5.74) is -1.15. The standard InChI is InChI=1S/C22H45N2O4PS/c1-10-19(18(2)3)29(26,28-21(4,5)6)30-17-27-20(25)22(7,8)11-12-24-15-13-23(9)14-16-24/h18-19H,10-17H2,1-9H3. The predicted octanol–water partition coefficient (Wildman–Crippen LogP) is 5.33. The van der Waals surface area contributed by atoms with E-state index < -0.39 is 17.6 Å². The van der Waals surface area contributed by atoms with Crippen molar-refractivity contribution >= 4 is 23.9 Å². The summed E-state index contributed by atoms with van der Waals surface area (Å²) in [7, 11) is 2.14. The molecule has 1 saturated heterocycles. The van der Waals surface area contributed by atoms with Crippen molar-refractivity contribution in [3.63, 3.8) is 0 Å². The first kappa shape index (κ1) is 28.0. The molecule has 0 aromatic heterocycles. The highest BCUT2D eigenvalue weighted by Gasteiger charge is 2.40. The average Bonchev–Trinajstić information content (AvgIpc) is 2.59. The van der Waals surface area contributed by atoms with Gasteiger partial charge in [-0.05, 0) is 78.4 Å². The van der Waals surface area contributed by atoms with E-state index in [2.05, 4.69) is 30.7 Å². The van der Waals surface area contributed by atoms with Gasteiger partial charge in [0.25, 0.3) is 6.57 Å². The smallest absolute Gasteiger partial charge is 0.312 e. The van der Waals surface area contributed by atoms with Crippen molar-refractivity contribution in [3.8, 4) is 0 Å². The summed E-state index contributed by atoms with van der Waals surface area (Å²) in [4.78, 5) is 17.5. The highest BCUT2D eigenvalue weighted by atomic mass is 32.7. The molecule has 0 radical (unpaired) electrons. The Kier molecular flexibility index (Phi) is 10.9. The first-order valence-electron chi connectivity index (χ1n) is 11.2. The molecule has 0 saturated carbocycles. The lowest BCUT2D eigenvalue weighted by Gasteiger charge is -2.35. The number of hydrogen-bond donors (Lipinski definition) is 0. The first-order chi connectivity index (χ1) is 13.7. The third kappa shape index (κ3) is 9.20. The van der Waals surface area contributed by atoms with Crippen molar-refractivity contribution in [2.24, 2.45) is 11.3 Å². The van der Waals surface area contributed by atoms with Crippen molar-refractivity contribution in [2.45, 2.75) is 79.5 Å². The summed E-state index contributed by atoms with van der Waals surface area (Å²) in [6.45, 7) is 17.9. The molecule has 0 bridgehead atoms. The van der Waals surface area contributed by atoms with Gasteiger partial charge in [0.05, 0.1) is 11.0 Å². The van der Waals surface area contributed by atoms with E-state index in [0.717, 1.165) is 45.6 Å². The molecule has 1 heterocycles. The van der Waals surface area contributed by atoms with Gasteiger partial charge in [0.15, 0.2) is 0 Å². The zero-order valence-corrected chi connectivity index (χ0v) is 22.4. The zero-order chi connectivity index (χ0) is 23.2.